The van der Waals surface area contributed by atoms with Crippen molar-refractivity contribution in [1.82, 2.24) is 0 Å². The number of cyclic esters (lactones) is 1. The van der Waals surface area contributed by atoms with Crippen LogP contribution in [0.4, 0.5) is 0 Å². The van der Waals surface area contributed by atoms with Crippen LogP contribution in [0, 0.1) is 0 Å². The van der Waals surface area contributed by atoms with E-state index in [2.05, 4.69) is 4.74 Å². The van der Waals surface area contributed by atoms with Gasteiger partial charge in [0.2, 0.25) is 5.76 Å². The van der Waals surface area contributed by atoms with E-state index in [1.165, 1.54) is 6.92 Å². The minimum atomic E-state index is -0.913. The molecule has 0 radical (unpaired) electrons. The van der Waals surface area contributed by atoms with Gasteiger partial charge in [0.15, 0.2) is 6.10 Å². The molecule has 1 aliphatic heterocycles. The smallest absolute Gasteiger partial charge is 0.375 e. The van der Waals surface area contributed by atoms with Crippen molar-refractivity contribution in [3.05, 3.63) is 10.8 Å². The highest BCUT2D eigenvalue weighted by Crippen LogP contribution is 2.26. The lowest BCUT2D eigenvalue weighted by Crippen LogP contribution is -2.23. The highest BCUT2D eigenvalue weighted by Gasteiger charge is 2.35. The highest BCUT2D eigenvalue weighted by molar-refractivity contribution is 6.32. The number of esters is 1. The second-order valence-corrected chi connectivity index (χ2v) is 2.67. The molecule has 0 spiro atoms. The minimum Gasteiger partial charge on any atom is -0.501 e. The Balaban J connectivity index is 2.86. The summed E-state index contributed by atoms with van der Waals surface area (Å²) in [5, 5.41) is 17.7. The van der Waals surface area contributed by atoms with Crippen LogP contribution in [0.3, 0.4) is 0 Å². The molecule has 2 N–H and O–H groups in total. The first kappa shape index (κ1) is 8.36. The maximum absolute atomic E-state index is 10.6. The zero-order chi connectivity index (χ0) is 8.59. The summed E-state index contributed by atoms with van der Waals surface area (Å²) in [7, 11) is 0. The maximum Gasteiger partial charge on any atom is 0.375 e. The Hall–Kier alpha value is -0.740. The van der Waals surface area contributed by atoms with Gasteiger partial charge in [-0.05, 0) is 6.92 Å². The molecule has 0 aromatic carbocycles. The molecule has 0 saturated heterocycles. The molecule has 2 unspecified atom stereocenters. The number of rotatable bonds is 1. The molecule has 0 saturated carbocycles. The van der Waals surface area contributed by atoms with Gasteiger partial charge in [-0.25, -0.2) is 4.79 Å². The van der Waals surface area contributed by atoms with E-state index in [0.717, 1.165) is 0 Å². The lowest BCUT2D eigenvalue weighted by molar-refractivity contribution is -0.145. The largest absolute Gasteiger partial charge is 0.501 e. The first-order valence-electron chi connectivity index (χ1n) is 3.01. The van der Waals surface area contributed by atoms with Gasteiger partial charge in [-0.3, -0.25) is 0 Å². The highest BCUT2D eigenvalue weighted by atomic mass is 35.5. The molecule has 0 fully saturated rings. The fourth-order valence-electron chi connectivity index (χ4n) is 0.765. The minimum absolute atomic E-state index is 0.134. The summed E-state index contributed by atoms with van der Waals surface area (Å²) in [6.45, 7) is 1.42. The van der Waals surface area contributed by atoms with E-state index in [0.29, 0.717) is 0 Å². The molecular weight excluding hydrogens is 172 g/mol. The van der Waals surface area contributed by atoms with Crippen molar-refractivity contribution in [1.29, 1.82) is 0 Å². The van der Waals surface area contributed by atoms with Crippen LogP contribution in [0.1, 0.15) is 6.92 Å². The zero-order valence-corrected chi connectivity index (χ0v) is 6.50. The van der Waals surface area contributed by atoms with Gasteiger partial charge in [-0.2, -0.15) is 0 Å². The van der Waals surface area contributed by atoms with Gasteiger partial charge in [0.25, 0.3) is 0 Å². The molecule has 1 aliphatic rings. The number of aliphatic hydroxyl groups is 2. The SMILES string of the molecule is CC(O)C1OC(=O)C(O)=C1Cl. The summed E-state index contributed by atoms with van der Waals surface area (Å²) in [4.78, 5) is 10.6. The van der Waals surface area contributed by atoms with Crippen LogP contribution in [0.5, 0.6) is 0 Å². The summed E-state index contributed by atoms with van der Waals surface area (Å²) in [6.07, 6.45) is -1.82. The lowest BCUT2D eigenvalue weighted by atomic mass is 10.2. The second kappa shape index (κ2) is 2.71. The van der Waals surface area contributed by atoms with Crippen molar-refractivity contribution in [2.75, 3.05) is 0 Å². The quantitative estimate of drug-likeness (QED) is 0.567. The molecule has 62 valence electrons. The molecule has 0 aromatic rings. The van der Waals surface area contributed by atoms with Gasteiger partial charge in [-0.1, -0.05) is 11.6 Å². The Kier molecular flexibility index (Phi) is 2.06. The standard InChI is InChI=1S/C6H7ClO4/c1-2(8)5-3(7)4(9)6(10)11-5/h2,5,8-9H,1H3. The molecule has 2 atom stereocenters. The third kappa shape index (κ3) is 1.32. The van der Waals surface area contributed by atoms with E-state index in [1.54, 1.807) is 0 Å². The van der Waals surface area contributed by atoms with Crippen LogP contribution in [0.15, 0.2) is 10.8 Å². The molecule has 0 bridgehead atoms. The number of carbonyl (C=O) groups excluding carboxylic acids is 1. The van der Waals surface area contributed by atoms with E-state index >= 15 is 0 Å². The predicted molar refractivity (Wildman–Crippen MR) is 37.1 cm³/mol. The van der Waals surface area contributed by atoms with Crippen LogP contribution in [-0.4, -0.2) is 28.4 Å². The van der Waals surface area contributed by atoms with Crippen molar-refractivity contribution in [2.24, 2.45) is 0 Å². The lowest BCUT2D eigenvalue weighted by Gasteiger charge is -2.11. The van der Waals surface area contributed by atoms with Gasteiger partial charge in [0.05, 0.1) is 6.10 Å². The van der Waals surface area contributed by atoms with Crippen LogP contribution >= 0.6 is 11.6 Å². The predicted octanol–water partition coefficient (Wildman–Crippen LogP) is 0.301. The van der Waals surface area contributed by atoms with Gasteiger partial charge in [-0.15, -0.1) is 0 Å². The van der Waals surface area contributed by atoms with Gasteiger partial charge in [0, 0.05) is 0 Å². The monoisotopic (exact) mass is 178 g/mol. The van der Waals surface area contributed by atoms with Crippen LogP contribution < -0.4 is 0 Å². The average Bonchev–Trinajstić information content (AvgIpc) is 2.17. The Bertz CT molecular complexity index is 221. The van der Waals surface area contributed by atoms with Crippen molar-refractivity contribution >= 4 is 17.6 Å². The number of ether oxygens (including phenoxy) is 1. The van der Waals surface area contributed by atoms with Crippen molar-refractivity contribution < 1.29 is 19.7 Å². The molecule has 1 rings (SSSR count). The number of aliphatic hydroxyl groups excluding tert-OH is 2. The molecule has 4 nitrogen and oxygen atoms in total. The van der Waals surface area contributed by atoms with Crippen LogP contribution in [0.25, 0.3) is 0 Å². The summed E-state index contributed by atoms with van der Waals surface area (Å²) in [5.74, 6) is -1.50. The summed E-state index contributed by atoms with van der Waals surface area (Å²) < 4.78 is 4.50. The van der Waals surface area contributed by atoms with Crippen molar-refractivity contribution in [3.63, 3.8) is 0 Å². The van der Waals surface area contributed by atoms with Crippen molar-refractivity contribution in [2.45, 2.75) is 19.1 Å². The Morgan fingerprint density at radius 3 is 2.45 bits per heavy atom. The number of hydrogen-bond donors (Lipinski definition) is 2. The molecule has 1 heterocycles. The van der Waals surface area contributed by atoms with Gasteiger partial charge >= 0.3 is 5.97 Å². The summed E-state index contributed by atoms with van der Waals surface area (Å²) in [5.41, 5.74) is 0. The Morgan fingerprint density at radius 1 is 1.73 bits per heavy atom. The first-order chi connectivity index (χ1) is 5.04. The number of hydrogen-bond acceptors (Lipinski definition) is 4. The fourth-order valence-corrected chi connectivity index (χ4v) is 1.07. The third-order valence-corrected chi connectivity index (χ3v) is 1.74. The number of halogens is 1. The van der Waals surface area contributed by atoms with Crippen LogP contribution in [-0.2, 0) is 9.53 Å². The molecular formula is C6H7ClO4. The number of carbonyl (C=O) groups is 1. The van der Waals surface area contributed by atoms with Gasteiger partial charge < -0.3 is 14.9 Å². The molecule has 11 heavy (non-hydrogen) atoms. The molecule has 0 amide bonds. The first-order valence-corrected chi connectivity index (χ1v) is 3.39. The summed E-state index contributed by atoms with van der Waals surface area (Å²) >= 11 is 5.44. The van der Waals surface area contributed by atoms with E-state index < -0.39 is 23.9 Å². The van der Waals surface area contributed by atoms with E-state index in [4.69, 9.17) is 21.8 Å². The third-order valence-electron chi connectivity index (χ3n) is 1.34. The molecule has 0 aromatic heterocycles. The van der Waals surface area contributed by atoms with Crippen LogP contribution in [0.2, 0.25) is 0 Å². The zero-order valence-electron chi connectivity index (χ0n) is 5.74. The van der Waals surface area contributed by atoms with E-state index in [-0.39, 0.29) is 5.03 Å². The van der Waals surface area contributed by atoms with E-state index in [1.807, 2.05) is 0 Å². The topological polar surface area (TPSA) is 66.8 Å². The fraction of sp³-hybridized carbons (Fsp3) is 0.500. The molecule has 0 aliphatic carbocycles. The maximum atomic E-state index is 10.6. The summed E-state index contributed by atoms with van der Waals surface area (Å²) in [6, 6.07) is 0. The Labute approximate surface area is 68.0 Å². The van der Waals surface area contributed by atoms with Gasteiger partial charge in [0.1, 0.15) is 5.03 Å². The van der Waals surface area contributed by atoms with Crippen molar-refractivity contribution in [3.8, 4) is 0 Å². The van der Waals surface area contributed by atoms with E-state index in [9.17, 15) is 4.79 Å². The Morgan fingerprint density at radius 2 is 2.27 bits per heavy atom. The normalized spacial score (nSPS) is 27.2. The second-order valence-electron chi connectivity index (χ2n) is 2.26. The molecule has 5 heteroatoms. The average molecular weight is 179 g/mol.